The van der Waals surface area contributed by atoms with Crippen molar-refractivity contribution >= 4 is 8.88 Å². The first-order valence-electron chi connectivity index (χ1n) is 6.52. The third-order valence-corrected chi connectivity index (χ3v) is 5.01. The number of hydrogen-bond acceptors (Lipinski definition) is 4. The van der Waals surface area contributed by atoms with E-state index in [0.717, 1.165) is 25.9 Å². The molecule has 0 heterocycles. The van der Waals surface area contributed by atoms with Gasteiger partial charge in [-0.1, -0.05) is 20.3 Å². The molecule has 0 aliphatic heterocycles. The summed E-state index contributed by atoms with van der Waals surface area (Å²) in [6.07, 6.45) is 3.43. The molecule has 98 valence electrons. The second kappa shape index (κ2) is 10.2. The molecule has 0 unspecified atom stereocenters. The molecule has 0 aliphatic rings. The van der Waals surface area contributed by atoms with E-state index in [4.69, 9.17) is 8.85 Å². The van der Waals surface area contributed by atoms with Crippen LogP contribution in [-0.2, 0) is 8.85 Å². The van der Waals surface area contributed by atoms with Crippen molar-refractivity contribution in [3.05, 3.63) is 0 Å². The second-order valence-corrected chi connectivity index (χ2v) is 6.21. The highest BCUT2D eigenvalue weighted by atomic mass is 28.4. The maximum absolute atomic E-state index is 5.81. The molecular weight excluding hydrogens is 220 g/mol. The second-order valence-electron chi connectivity index (χ2n) is 3.69. The van der Waals surface area contributed by atoms with Gasteiger partial charge in [-0.25, -0.2) is 0 Å². The van der Waals surface area contributed by atoms with Crippen molar-refractivity contribution in [2.24, 2.45) is 0 Å². The van der Waals surface area contributed by atoms with Gasteiger partial charge in [-0.2, -0.15) is 0 Å². The van der Waals surface area contributed by atoms with Crippen molar-refractivity contribution in [1.82, 2.24) is 9.96 Å². The zero-order chi connectivity index (χ0) is 12.3. The lowest BCUT2D eigenvalue weighted by Gasteiger charge is -2.30. The molecule has 5 heteroatoms. The van der Waals surface area contributed by atoms with Crippen LogP contribution in [0.2, 0.25) is 0 Å². The van der Waals surface area contributed by atoms with E-state index in [1.807, 2.05) is 13.8 Å². The highest BCUT2D eigenvalue weighted by molar-refractivity contribution is 6.62. The largest absolute Gasteiger partial charge is 0.516 e. The fraction of sp³-hybridized carbons (Fsp3) is 1.00. The minimum absolute atomic E-state index is 0.683. The maximum Gasteiger partial charge on any atom is 0.516 e. The zero-order valence-electron chi connectivity index (χ0n) is 11.3. The fourth-order valence-corrected chi connectivity index (χ4v) is 3.95. The van der Waals surface area contributed by atoms with Crippen LogP contribution in [0.4, 0.5) is 0 Å². The lowest BCUT2D eigenvalue weighted by Crippen LogP contribution is -2.67. The minimum atomic E-state index is -2.35. The molecule has 0 amide bonds. The molecule has 0 aliphatic carbocycles. The van der Waals surface area contributed by atoms with Crippen molar-refractivity contribution < 1.29 is 8.85 Å². The normalized spacial score (nSPS) is 12.0. The first kappa shape index (κ1) is 16.1. The number of hydrogen-bond donors (Lipinski definition) is 2. The van der Waals surface area contributed by atoms with Crippen molar-refractivity contribution in [3.63, 3.8) is 0 Å². The molecule has 0 aromatic rings. The smallest absolute Gasteiger partial charge is 0.371 e. The highest BCUT2D eigenvalue weighted by Gasteiger charge is 2.37. The summed E-state index contributed by atoms with van der Waals surface area (Å²) in [7, 11) is -2.35. The van der Waals surface area contributed by atoms with Gasteiger partial charge in [0.05, 0.1) is 0 Å². The molecule has 4 nitrogen and oxygen atoms in total. The number of nitrogens with one attached hydrogen (secondary N) is 2. The Morgan fingerprint density at radius 3 is 1.81 bits per heavy atom. The molecule has 0 aromatic heterocycles. The van der Waals surface area contributed by atoms with Gasteiger partial charge < -0.3 is 8.85 Å². The van der Waals surface area contributed by atoms with Gasteiger partial charge in [0.25, 0.3) is 0 Å². The molecule has 0 fully saturated rings. The highest BCUT2D eigenvalue weighted by Crippen LogP contribution is 2.01. The Bertz CT molecular complexity index is 153. The van der Waals surface area contributed by atoms with Gasteiger partial charge >= 0.3 is 8.88 Å². The Morgan fingerprint density at radius 1 is 0.812 bits per heavy atom. The van der Waals surface area contributed by atoms with Crippen molar-refractivity contribution in [3.8, 4) is 0 Å². The Morgan fingerprint density at radius 2 is 1.38 bits per heavy atom. The first-order chi connectivity index (χ1) is 7.74. The molecule has 0 rings (SSSR count). The van der Waals surface area contributed by atoms with E-state index in [1.54, 1.807) is 0 Å². The van der Waals surface area contributed by atoms with Crippen LogP contribution in [0.25, 0.3) is 0 Å². The van der Waals surface area contributed by atoms with Gasteiger partial charge in [0.1, 0.15) is 0 Å². The zero-order valence-corrected chi connectivity index (χ0v) is 12.3. The van der Waals surface area contributed by atoms with Gasteiger partial charge in [0, 0.05) is 13.2 Å². The molecular formula is C11H28N2O2Si. The Kier molecular flexibility index (Phi) is 10.3. The average molecular weight is 248 g/mol. The molecule has 2 N–H and O–H groups in total. The van der Waals surface area contributed by atoms with E-state index in [-0.39, 0.29) is 0 Å². The lowest BCUT2D eigenvalue weighted by molar-refractivity contribution is 0.159. The lowest BCUT2D eigenvalue weighted by atomic mass is 10.3. The SMILES string of the molecule is CCCCN[Si](NCCC)(OCC)OCC. The van der Waals surface area contributed by atoms with Crippen molar-refractivity contribution in [1.29, 1.82) is 0 Å². The Balaban J connectivity index is 4.24. The van der Waals surface area contributed by atoms with Crippen LogP contribution in [-0.4, -0.2) is 35.2 Å². The summed E-state index contributed by atoms with van der Waals surface area (Å²) in [6, 6.07) is 0. The molecule has 0 spiro atoms. The van der Waals surface area contributed by atoms with Crippen LogP contribution < -0.4 is 9.96 Å². The van der Waals surface area contributed by atoms with Crippen molar-refractivity contribution in [2.75, 3.05) is 26.3 Å². The van der Waals surface area contributed by atoms with Gasteiger partial charge in [-0.05, 0) is 39.8 Å². The summed E-state index contributed by atoms with van der Waals surface area (Å²) in [6.45, 7) is 11.6. The summed E-state index contributed by atoms with van der Waals surface area (Å²) >= 11 is 0. The van der Waals surface area contributed by atoms with Crippen LogP contribution in [0, 0.1) is 0 Å². The minimum Gasteiger partial charge on any atom is -0.371 e. The summed E-state index contributed by atoms with van der Waals surface area (Å²) in [4.78, 5) is 6.88. The van der Waals surface area contributed by atoms with Crippen LogP contribution in [0.15, 0.2) is 0 Å². The maximum atomic E-state index is 5.81. The van der Waals surface area contributed by atoms with E-state index in [9.17, 15) is 0 Å². The summed E-state index contributed by atoms with van der Waals surface area (Å²) in [5.41, 5.74) is 0. The average Bonchev–Trinajstić information content (AvgIpc) is 2.27. The van der Waals surface area contributed by atoms with Gasteiger partial charge in [-0.15, -0.1) is 0 Å². The Labute approximate surface area is 102 Å². The number of rotatable bonds is 11. The van der Waals surface area contributed by atoms with Gasteiger partial charge in [0.15, 0.2) is 0 Å². The van der Waals surface area contributed by atoms with E-state index in [0.29, 0.717) is 13.2 Å². The number of unbranched alkanes of at least 4 members (excludes halogenated alkanes) is 1. The van der Waals surface area contributed by atoms with Gasteiger partial charge in [-0.3, -0.25) is 9.96 Å². The van der Waals surface area contributed by atoms with Crippen LogP contribution in [0.5, 0.6) is 0 Å². The van der Waals surface area contributed by atoms with Crippen molar-refractivity contribution in [2.45, 2.75) is 47.0 Å². The molecule has 0 aromatic carbocycles. The fourth-order valence-electron chi connectivity index (χ4n) is 1.43. The van der Waals surface area contributed by atoms with Gasteiger partial charge in [0.2, 0.25) is 0 Å². The van der Waals surface area contributed by atoms with Crippen LogP contribution in [0.1, 0.15) is 47.0 Å². The van der Waals surface area contributed by atoms with E-state index < -0.39 is 8.88 Å². The molecule has 0 saturated carbocycles. The van der Waals surface area contributed by atoms with E-state index in [2.05, 4.69) is 23.8 Å². The first-order valence-corrected chi connectivity index (χ1v) is 8.34. The monoisotopic (exact) mass is 248 g/mol. The third kappa shape index (κ3) is 6.60. The summed E-state index contributed by atoms with van der Waals surface area (Å²) < 4.78 is 11.6. The molecule has 0 saturated heterocycles. The predicted molar refractivity (Wildman–Crippen MR) is 70.2 cm³/mol. The topological polar surface area (TPSA) is 42.5 Å². The van der Waals surface area contributed by atoms with E-state index in [1.165, 1.54) is 6.42 Å². The standard InChI is InChI=1S/C11H28N2O2Si/c1-5-9-11-13-16(14-7-3,15-8-4)12-10-6-2/h12-13H,5-11H2,1-4H3. The molecule has 0 bridgehead atoms. The predicted octanol–water partition coefficient (Wildman–Crippen LogP) is 1.88. The Hall–Kier alpha value is 0.0569. The summed E-state index contributed by atoms with van der Waals surface area (Å²) in [5.74, 6) is 0. The molecule has 16 heavy (non-hydrogen) atoms. The summed E-state index contributed by atoms with van der Waals surface area (Å²) in [5, 5.41) is 0. The third-order valence-electron chi connectivity index (χ3n) is 2.19. The van der Waals surface area contributed by atoms with Crippen LogP contribution >= 0.6 is 0 Å². The quantitative estimate of drug-likeness (QED) is 0.433. The molecule has 0 radical (unpaired) electrons. The molecule has 0 atom stereocenters. The van der Waals surface area contributed by atoms with E-state index >= 15 is 0 Å². The van der Waals surface area contributed by atoms with Crippen LogP contribution in [0.3, 0.4) is 0 Å².